The highest BCUT2D eigenvalue weighted by molar-refractivity contribution is 7.89. The largest absolute Gasteiger partial charge is 0.497 e. The summed E-state index contributed by atoms with van der Waals surface area (Å²) in [5, 5.41) is 7.05. The number of thiazole rings is 1. The van der Waals surface area contributed by atoms with E-state index in [9.17, 15) is 8.42 Å². The van der Waals surface area contributed by atoms with Crippen molar-refractivity contribution in [3.8, 4) is 22.8 Å². The maximum Gasteiger partial charge on any atom is 0.243 e. The Kier molecular flexibility index (Phi) is 8.27. The van der Waals surface area contributed by atoms with Crippen molar-refractivity contribution < 1.29 is 22.6 Å². The maximum atomic E-state index is 13.0. The van der Waals surface area contributed by atoms with E-state index in [-0.39, 0.29) is 4.90 Å². The zero-order valence-corrected chi connectivity index (χ0v) is 23.3. The summed E-state index contributed by atoms with van der Waals surface area (Å²) >= 11 is 1.47. The topological polar surface area (TPSA) is 94.7 Å². The molecule has 3 aromatic rings. The van der Waals surface area contributed by atoms with Gasteiger partial charge in [-0.25, -0.2) is 18.1 Å². The molecule has 2 fully saturated rings. The Bertz CT molecular complexity index is 1460. The van der Waals surface area contributed by atoms with Crippen molar-refractivity contribution in [1.29, 1.82) is 0 Å². The van der Waals surface area contributed by atoms with Crippen molar-refractivity contribution in [3.63, 3.8) is 0 Å². The molecule has 1 saturated carbocycles. The lowest BCUT2D eigenvalue weighted by molar-refractivity contribution is 0.0730. The second-order valence-electron chi connectivity index (χ2n) is 9.13. The molecule has 2 aromatic carbocycles. The van der Waals surface area contributed by atoms with Crippen LogP contribution in [0.25, 0.3) is 11.3 Å². The van der Waals surface area contributed by atoms with Crippen LogP contribution in [-0.2, 0) is 14.8 Å². The Labute approximate surface area is 227 Å². The van der Waals surface area contributed by atoms with Gasteiger partial charge in [0.1, 0.15) is 11.5 Å². The van der Waals surface area contributed by atoms with Gasteiger partial charge < -0.3 is 14.2 Å². The van der Waals surface area contributed by atoms with E-state index in [1.165, 1.54) is 22.1 Å². The predicted octanol–water partition coefficient (Wildman–Crippen LogP) is 4.66. The van der Waals surface area contributed by atoms with Crippen LogP contribution in [0.5, 0.6) is 11.5 Å². The van der Waals surface area contributed by atoms with E-state index in [0.717, 1.165) is 48.4 Å². The Morgan fingerprint density at radius 2 is 1.68 bits per heavy atom. The summed E-state index contributed by atoms with van der Waals surface area (Å²) in [6.07, 6.45) is 5.41. The zero-order chi connectivity index (χ0) is 26.5. The Balaban J connectivity index is 1.55. The molecule has 0 radical (unpaired) electrons. The molecule has 9 nitrogen and oxygen atoms in total. The lowest BCUT2D eigenvalue weighted by Gasteiger charge is -2.26. The summed E-state index contributed by atoms with van der Waals surface area (Å²) in [6.45, 7) is 1.54. The average molecular weight is 557 g/mol. The van der Waals surface area contributed by atoms with Gasteiger partial charge >= 0.3 is 0 Å². The molecule has 0 bridgehead atoms. The average Bonchev–Trinajstić information content (AvgIpc) is 3.35. The van der Waals surface area contributed by atoms with Crippen molar-refractivity contribution in [2.24, 2.45) is 10.1 Å². The van der Waals surface area contributed by atoms with Crippen LogP contribution in [0.4, 0.5) is 5.69 Å². The summed E-state index contributed by atoms with van der Waals surface area (Å²) in [5.74, 6) is 1.44. The lowest BCUT2D eigenvalue weighted by Crippen LogP contribution is -2.40. The Morgan fingerprint density at radius 3 is 2.37 bits per heavy atom. The number of nitrogens with zero attached hydrogens (tertiary/aromatic N) is 4. The fourth-order valence-corrected chi connectivity index (χ4v) is 6.86. The van der Waals surface area contributed by atoms with Crippen LogP contribution in [-0.4, -0.2) is 63.6 Å². The van der Waals surface area contributed by atoms with Crippen LogP contribution in [0.3, 0.4) is 0 Å². The Morgan fingerprint density at radius 1 is 0.947 bits per heavy atom. The molecule has 11 heteroatoms. The third kappa shape index (κ3) is 5.70. The quantitative estimate of drug-likeness (QED) is 0.422. The second-order valence-corrected chi connectivity index (χ2v) is 11.9. The summed E-state index contributed by atoms with van der Waals surface area (Å²) in [6, 6.07) is 12.4. The van der Waals surface area contributed by atoms with E-state index in [0.29, 0.717) is 42.5 Å². The highest BCUT2D eigenvalue weighted by Crippen LogP contribution is 2.34. The van der Waals surface area contributed by atoms with Gasteiger partial charge in [0.25, 0.3) is 0 Å². The number of rotatable bonds is 7. The molecular weight excluding hydrogens is 524 g/mol. The monoisotopic (exact) mass is 556 g/mol. The van der Waals surface area contributed by atoms with Gasteiger partial charge in [0.05, 0.1) is 43.7 Å². The smallest absolute Gasteiger partial charge is 0.243 e. The van der Waals surface area contributed by atoms with E-state index in [1.807, 2.05) is 28.3 Å². The molecule has 0 spiro atoms. The van der Waals surface area contributed by atoms with Gasteiger partial charge in [0.15, 0.2) is 0 Å². The minimum atomic E-state index is -3.56. The first-order valence-electron chi connectivity index (χ1n) is 12.7. The third-order valence-corrected chi connectivity index (χ3v) is 9.44. The van der Waals surface area contributed by atoms with Crippen LogP contribution >= 0.6 is 11.3 Å². The van der Waals surface area contributed by atoms with E-state index >= 15 is 0 Å². The summed E-state index contributed by atoms with van der Waals surface area (Å²) < 4.78 is 45.8. The number of sulfonamides is 1. The molecule has 202 valence electrons. The second kappa shape index (κ2) is 11.8. The zero-order valence-electron chi connectivity index (χ0n) is 21.6. The molecule has 0 N–H and O–H groups in total. The number of benzene rings is 2. The van der Waals surface area contributed by atoms with E-state index in [1.54, 1.807) is 38.5 Å². The van der Waals surface area contributed by atoms with E-state index in [4.69, 9.17) is 24.3 Å². The van der Waals surface area contributed by atoms with Crippen LogP contribution in [0.1, 0.15) is 32.1 Å². The molecule has 38 heavy (non-hydrogen) atoms. The highest BCUT2D eigenvalue weighted by Gasteiger charge is 2.26. The number of hydrogen-bond donors (Lipinski definition) is 0. The normalized spacial score (nSPS) is 17.4. The van der Waals surface area contributed by atoms with Gasteiger partial charge in [-0.2, -0.15) is 9.41 Å². The molecule has 1 aliphatic carbocycles. The van der Waals surface area contributed by atoms with Crippen molar-refractivity contribution in [1.82, 2.24) is 8.98 Å². The molecular formula is C27H32N4O5S2. The van der Waals surface area contributed by atoms with E-state index in [2.05, 4.69) is 0 Å². The third-order valence-electron chi connectivity index (χ3n) is 6.71. The lowest BCUT2D eigenvalue weighted by atomic mass is 9.99. The van der Waals surface area contributed by atoms with Crippen molar-refractivity contribution >= 4 is 32.8 Å². The summed E-state index contributed by atoms with van der Waals surface area (Å²) in [7, 11) is -0.280. The molecule has 2 heterocycles. The molecule has 2 aliphatic rings. The maximum absolute atomic E-state index is 13.0. The SMILES string of the molecule is COc1ccc(OC)c(-c2csc(=Nc3ccc(S(=O)(=O)N4CCOCC4)cc3)n2N=C2CCCCC2)c1. The minimum absolute atomic E-state index is 0.252. The van der Waals surface area contributed by atoms with Gasteiger partial charge in [-0.1, -0.05) is 6.42 Å². The number of ether oxygens (including phenoxy) is 3. The van der Waals surface area contributed by atoms with Crippen molar-refractivity contribution in [2.75, 3.05) is 40.5 Å². The molecule has 1 aromatic heterocycles. The van der Waals surface area contributed by atoms with Crippen LogP contribution < -0.4 is 14.3 Å². The number of aromatic nitrogens is 1. The highest BCUT2D eigenvalue weighted by atomic mass is 32.2. The first-order chi connectivity index (χ1) is 18.5. The van der Waals surface area contributed by atoms with Gasteiger partial charge in [-0.05, 0) is 68.1 Å². The van der Waals surface area contributed by atoms with Gasteiger partial charge in [0.2, 0.25) is 14.8 Å². The minimum Gasteiger partial charge on any atom is -0.497 e. The van der Waals surface area contributed by atoms with Gasteiger partial charge in [-0.15, -0.1) is 11.3 Å². The van der Waals surface area contributed by atoms with Crippen molar-refractivity contribution in [3.05, 3.63) is 52.6 Å². The summed E-state index contributed by atoms with van der Waals surface area (Å²) in [5.41, 5.74) is 3.51. The molecule has 0 atom stereocenters. The van der Waals surface area contributed by atoms with Crippen LogP contribution in [0, 0.1) is 0 Å². The standard InChI is InChI=1S/C27H32N4O5S2/c1-34-22-10-13-26(35-2)24(18-22)25-19-37-27(31(25)29-21-6-4-3-5-7-21)28-20-8-11-23(12-9-20)38(32,33)30-14-16-36-17-15-30/h8-13,18-19H,3-7,14-17H2,1-2H3. The van der Waals surface area contributed by atoms with Crippen molar-refractivity contribution in [2.45, 2.75) is 37.0 Å². The molecule has 1 aliphatic heterocycles. The summed E-state index contributed by atoms with van der Waals surface area (Å²) in [4.78, 5) is 5.80. The van der Waals surface area contributed by atoms with E-state index < -0.39 is 10.0 Å². The Hall–Kier alpha value is -2.99. The fraction of sp³-hybridized carbons (Fsp3) is 0.407. The van der Waals surface area contributed by atoms with Gasteiger partial charge in [-0.3, -0.25) is 0 Å². The number of hydrogen-bond acceptors (Lipinski definition) is 8. The molecule has 5 rings (SSSR count). The first kappa shape index (κ1) is 26.6. The van der Waals surface area contributed by atoms with Crippen LogP contribution in [0.2, 0.25) is 0 Å². The van der Waals surface area contributed by atoms with Crippen LogP contribution in [0.15, 0.2) is 62.8 Å². The van der Waals surface area contributed by atoms with Gasteiger partial charge in [0, 0.05) is 29.7 Å². The number of morpholine rings is 1. The molecule has 0 unspecified atom stereocenters. The molecule has 1 saturated heterocycles. The fourth-order valence-electron chi connectivity index (χ4n) is 4.61. The number of methoxy groups -OCH3 is 2. The predicted molar refractivity (Wildman–Crippen MR) is 148 cm³/mol. The molecule has 0 amide bonds. The first-order valence-corrected chi connectivity index (χ1v) is 15.0.